The van der Waals surface area contributed by atoms with Gasteiger partial charge in [-0.05, 0) is 43.7 Å². The van der Waals surface area contributed by atoms with Crippen LogP contribution in [0.25, 0.3) is 6.08 Å². The van der Waals surface area contributed by atoms with Crippen LogP contribution in [0, 0.1) is 0 Å². The number of amidine groups is 1. The number of amides is 2. The molecule has 9 nitrogen and oxygen atoms in total. The van der Waals surface area contributed by atoms with E-state index in [0.29, 0.717) is 40.4 Å². The predicted octanol–water partition coefficient (Wildman–Crippen LogP) is 3.45. The normalized spacial score (nSPS) is 20.4. The maximum atomic E-state index is 13.3. The SMILES string of the molecule is CCN(C(=O)CSC1=N/C(=C\c2ccco2)C(=O)N1c1ccc(OC)c(Cl)c1)C1CCS(=O)(=O)C1. The van der Waals surface area contributed by atoms with Crippen LogP contribution in [0.15, 0.2) is 51.7 Å². The van der Waals surface area contributed by atoms with Gasteiger partial charge in [0.2, 0.25) is 5.91 Å². The summed E-state index contributed by atoms with van der Waals surface area (Å²) in [6.07, 6.45) is 3.45. The van der Waals surface area contributed by atoms with E-state index in [-0.39, 0.29) is 34.9 Å². The highest BCUT2D eigenvalue weighted by molar-refractivity contribution is 8.14. The minimum absolute atomic E-state index is 0.00901. The van der Waals surface area contributed by atoms with Crippen molar-refractivity contribution in [3.8, 4) is 5.75 Å². The number of halogens is 1. The van der Waals surface area contributed by atoms with E-state index >= 15 is 0 Å². The summed E-state index contributed by atoms with van der Waals surface area (Å²) >= 11 is 7.39. The lowest BCUT2D eigenvalue weighted by Gasteiger charge is -2.27. The third kappa shape index (κ3) is 5.57. The van der Waals surface area contributed by atoms with Crippen LogP contribution in [0.1, 0.15) is 19.1 Å². The van der Waals surface area contributed by atoms with Crippen LogP contribution in [0.5, 0.6) is 5.75 Å². The predicted molar refractivity (Wildman–Crippen MR) is 137 cm³/mol. The van der Waals surface area contributed by atoms with E-state index in [1.807, 2.05) is 6.92 Å². The number of hydrogen-bond donors (Lipinski definition) is 0. The van der Waals surface area contributed by atoms with Gasteiger partial charge in [-0.25, -0.2) is 13.4 Å². The second-order valence-electron chi connectivity index (χ2n) is 7.92. The molecule has 0 radical (unpaired) electrons. The first-order valence-corrected chi connectivity index (χ1v) is 14.1. The molecule has 1 fully saturated rings. The van der Waals surface area contributed by atoms with Gasteiger partial charge in [0.15, 0.2) is 15.0 Å². The summed E-state index contributed by atoms with van der Waals surface area (Å²) in [5.41, 5.74) is 0.618. The zero-order chi connectivity index (χ0) is 25.2. The number of nitrogens with zero attached hydrogens (tertiary/aromatic N) is 3. The third-order valence-corrected chi connectivity index (χ3v) is 8.65. The van der Waals surface area contributed by atoms with E-state index < -0.39 is 15.7 Å². The maximum absolute atomic E-state index is 13.3. The van der Waals surface area contributed by atoms with E-state index in [0.717, 1.165) is 11.8 Å². The fraction of sp³-hybridized carbons (Fsp3) is 0.348. The van der Waals surface area contributed by atoms with E-state index in [2.05, 4.69) is 4.99 Å². The lowest BCUT2D eigenvalue weighted by molar-refractivity contribution is -0.129. The van der Waals surface area contributed by atoms with Crippen molar-refractivity contribution in [2.24, 2.45) is 4.99 Å². The zero-order valence-corrected chi connectivity index (χ0v) is 21.5. The van der Waals surface area contributed by atoms with Crippen molar-refractivity contribution in [1.82, 2.24) is 4.90 Å². The first kappa shape index (κ1) is 25.3. The first-order chi connectivity index (χ1) is 16.7. The average molecular weight is 538 g/mol. The van der Waals surface area contributed by atoms with Gasteiger partial charge >= 0.3 is 0 Å². The van der Waals surface area contributed by atoms with Crippen LogP contribution in [0.3, 0.4) is 0 Å². The number of carbonyl (C=O) groups is 2. The highest BCUT2D eigenvalue weighted by Crippen LogP contribution is 2.34. The molecule has 35 heavy (non-hydrogen) atoms. The standard InChI is InChI=1S/C23H24ClN3O6S2/c1-3-26(16-8-10-35(30,31)14-16)21(28)13-34-23-25-19(12-17-5-4-9-33-17)22(29)27(23)15-6-7-20(32-2)18(24)11-15/h4-7,9,11-12,16H,3,8,10,13-14H2,1-2H3/b19-12-. The number of rotatable bonds is 7. The minimum atomic E-state index is -3.13. The van der Waals surface area contributed by atoms with Crippen molar-refractivity contribution in [3.05, 3.63) is 53.1 Å². The Morgan fingerprint density at radius 2 is 2.20 bits per heavy atom. The molecular weight excluding hydrogens is 514 g/mol. The molecule has 2 aliphatic rings. The molecule has 2 aliphatic heterocycles. The summed E-state index contributed by atoms with van der Waals surface area (Å²) < 4.78 is 34.3. The molecule has 1 atom stereocenters. The van der Waals surface area contributed by atoms with Gasteiger partial charge in [-0.2, -0.15) is 0 Å². The van der Waals surface area contributed by atoms with Crippen LogP contribution < -0.4 is 9.64 Å². The second-order valence-corrected chi connectivity index (χ2v) is 11.5. The van der Waals surface area contributed by atoms with Crippen molar-refractivity contribution >= 4 is 61.9 Å². The number of thioether (sulfide) groups is 1. The quantitative estimate of drug-likeness (QED) is 0.497. The Balaban J connectivity index is 1.58. The van der Waals surface area contributed by atoms with Gasteiger partial charge in [0.1, 0.15) is 17.2 Å². The number of methoxy groups -OCH3 is 1. The van der Waals surface area contributed by atoms with Crippen molar-refractivity contribution < 1.29 is 27.2 Å². The van der Waals surface area contributed by atoms with E-state index in [1.165, 1.54) is 24.3 Å². The first-order valence-electron chi connectivity index (χ1n) is 10.9. The molecule has 1 aromatic carbocycles. The monoisotopic (exact) mass is 537 g/mol. The van der Waals surface area contributed by atoms with Gasteiger partial charge < -0.3 is 14.1 Å². The molecule has 1 unspecified atom stereocenters. The lowest BCUT2D eigenvalue weighted by Crippen LogP contribution is -2.42. The summed E-state index contributed by atoms with van der Waals surface area (Å²) in [6.45, 7) is 2.21. The van der Waals surface area contributed by atoms with Crippen molar-refractivity contribution in [2.75, 3.05) is 35.8 Å². The highest BCUT2D eigenvalue weighted by atomic mass is 35.5. The summed E-state index contributed by atoms with van der Waals surface area (Å²) in [5.74, 6) is 0.362. The molecule has 0 saturated carbocycles. The van der Waals surface area contributed by atoms with E-state index in [1.54, 1.807) is 35.2 Å². The molecule has 1 aromatic heterocycles. The third-order valence-electron chi connectivity index (χ3n) is 5.68. The Morgan fingerprint density at radius 1 is 1.40 bits per heavy atom. The number of aliphatic imine (C=N–C) groups is 1. The molecule has 1 saturated heterocycles. The van der Waals surface area contributed by atoms with Crippen molar-refractivity contribution in [1.29, 1.82) is 0 Å². The fourth-order valence-electron chi connectivity index (χ4n) is 3.99. The van der Waals surface area contributed by atoms with Gasteiger partial charge in [0.05, 0.1) is 41.3 Å². The topological polar surface area (TPSA) is 109 Å². The Labute approximate surface area is 212 Å². The average Bonchev–Trinajstić information content (AvgIpc) is 3.53. The van der Waals surface area contributed by atoms with E-state index in [4.69, 9.17) is 20.8 Å². The fourth-order valence-corrected chi connectivity index (χ4v) is 6.87. The molecule has 2 aromatic rings. The molecule has 186 valence electrons. The van der Waals surface area contributed by atoms with Gasteiger partial charge in [-0.1, -0.05) is 23.4 Å². The Morgan fingerprint density at radius 3 is 2.80 bits per heavy atom. The van der Waals surface area contributed by atoms with Crippen molar-refractivity contribution in [3.63, 3.8) is 0 Å². The maximum Gasteiger partial charge on any atom is 0.283 e. The molecular formula is C23H24ClN3O6S2. The Hall–Kier alpha value is -2.76. The largest absolute Gasteiger partial charge is 0.495 e. The number of furan rings is 1. The van der Waals surface area contributed by atoms with E-state index in [9.17, 15) is 18.0 Å². The smallest absolute Gasteiger partial charge is 0.283 e. The molecule has 0 bridgehead atoms. The van der Waals surface area contributed by atoms with Crippen LogP contribution >= 0.6 is 23.4 Å². The number of anilines is 1. The van der Waals surface area contributed by atoms with Crippen LogP contribution in [0.2, 0.25) is 5.02 Å². The molecule has 0 spiro atoms. The Kier molecular flexibility index (Phi) is 7.58. The molecule has 2 amide bonds. The van der Waals surface area contributed by atoms with Crippen LogP contribution in [-0.4, -0.2) is 67.3 Å². The molecule has 12 heteroatoms. The van der Waals surface area contributed by atoms with Crippen molar-refractivity contribution in [2.45, 2.75) is 19.4 Å². The van der Waals surface area contributed by atoms with Gasteiger partial charge in [0, 0.05) is 18.7 Å². The number of ether oxygens (including phenoxy) is 1. The minimum Gasteiger partial charge on any atom is -0.495 e. The number of hydrogen-bond acceptors (Lipinski definition) is 8. The number of sulfone groups is 1. The molecule has 0 aliphatic carbocycles. The number of benzene rings is 1. The molecule has 4 rings (SSSR count). The van der Waals surface area contributed by atoms with Gasteiger partial charge in [0.25, 0.3) is 5.91 Å². The molecule has 0 N–H and O–H groups in total. The van der Waals surface area contributed by atoms with Gasteiger partial charge in [-0.3, -0.25) is 14.5 Å². The zero-order valence-electron chi connectivity index (χ0n) is 19.1. The molecule has 3 heterocycles. The lowest BCUT2D eigenvalue weighted by atomic mass is 10.2. The summed E-state index contributed by atoms with van der Waals surface area (Å²) in [6, 6.07) is 7.98. The van der Waals surface area contributed by atoms with Crippen LogP contribution in [0.4, 0.5) is 5.69 Å². The van der Waals surface area contributed by atoms with Gasteiger partial charge in [-0.15, -0.1) is 0 Å². The second kappa shape index (κ2) is 10.5. The highest BCUT2D eigenvalue weighted by Gasteiger charge is 2.36. The number of carbonyl (C=O) groups excluding carboxylic acids is 2. The Bertz CT molecular complexity index is 1290. The summed E-state index contributed by atoms with van der Waals surface area (Å²) in [5, 5.41) is 0.624. The summed E-state index contributed by atoms with van der Waals surface area (Å²) in [4.78, 5) is 33.7. The van der Waals surface area contributed by atoms with Crippen LogP contribution in [-0.2, 0) is 19.4 Å². The summed E-state index contributed by atoms with van der Waals surface area (Å²) in [7, 11) is -1.63.